The van der Waals surface area contributed by atoms with Gasteiger partial charge in [0.2, 0.25) is 15.9 Å². The van der Waals surface area contributed by atoms with E-state index in [1.807, 2.05) is 6.92 Å². The summed E-state index contributed by atoms with van der Waals surface area (Å²) < 4.78 is 24.0. The molecular formula is C7H14N2O3S. The minimum Gasteiger partial charge on any atom is -0.342 e. The summed E-state index contributed by atoms with van der Waals surface area (Å²) in [7, 11) is -3.27. The summed E-state index contributed by atoms with van der Waals surface area (Å²) in [5.74, 6) is -0.118. The molecular weight excluding hydrogens is 192 g/mol. The molecule has 0 radical (unpaired) electrons. The molecule has 1 aliphatic rings. The molecule has 1 atom stereocenters. The van der Waals surface area contributed by atoms with Crippen molar-refractivity contribution in [2.24, 2.45) is 0 Å². The van der Waals surface area contributed by atoms with Crippen LogP contribution in [-0.4, -0.2) is 44.6 Å². The number of hydrogen-bond acceptors (Lipinski definition) is 3. The maximum atomic E-state index is 11.4. The number of carbonyl (C=O) groups excluding carboxylic acids is 1. The first-order chi connectivity index (χ1) is 5.94. The average molecular weight is 206 g/mol. The molecule has 1 saturated heterocycles. The highest BCUT2D eigenvalue weighted by atomic mass is 32.2. The van der Waals surface area contributed by atoms with Gasteiger partial charge >= 0.3 is 0 Å². The lowest BCUT2D eigenvalue weighted by molar-refractivity contribution is -0.128. The second-order valence-corrected chi connectivity index (χ2v) is 4.93. The fourth-order valence-corrected chi connectivity index (χ4v) is 2.16. The molecule has 1 rings (SSSR count). The normalized spacial score (nSPS) is 24.0. The van der Waals surface area contributed by atoms with Crippen LogP contribution >= 0.6 is 0 Å². The van der Waals surface area contributed by atoms with E-state index < -0.39 is 16.1 Å². The second-order valence-electron chi connectivity index (χ2n) is 3.15. The molecule has 0 bridgehead atoms. The average Bonchev–Trinajstić information content (AvgIpc) is 2.30. The first-order valence-corrected chi connectivity index (χ1v) is 6.09. The van der Waals surface area contributed by atoms with Gasteiger partial charge in [-0.3, -0.25) is 4.79 Å². The van der Waals surface area contributed by atoms with E-state index >= 15 is 0 Å². The number of likely N-dealkylation sites (tertiary alicyclic amines) is 1. The summed E-state index contributed by atoms with van der Waals surface area (Å²) in [5.41, 5.74) is 0. The van der Waals surface area contributed by atoms with Crippen molar-refractivity contribution < 1.29 is 13.2 Å². The number of likely N-dealkylation sites (N-methyl/N-ethyl adjacent to an activating group) is 1. The molecule has 13 heavy (non-hydrogen) atoms. The van der Waals surface area contributed by atoms with E-state index in [2.05, 4.69) is 4.72 Å². The van der Waals surface area contributed by atoms with Gasteiger partial charge in [-0.05, 0) is 13.3 Å². The Labute approximate surface area is 78.2 Å². The van der Waals surface area contributed by atoms with E-state index in [0.29, 0.717) is 19.5 Å². The maximum absolute atomic E-state index is 11.4. The Morgan fingerprint density at radius 3 is 2.62 bits per heavy atom. The molecule has 1 heterocycles. The fraction of sp³-hybridized carbons (Fsp3) is 0.857. The number of hydrogen-bond donors (Lipinski definition) is 1. The molecule has 5 nitrogen and oxygen atoms in total. The smallest absolute Gasteiger partial charge is 0.240 e. The Morgan fingerprint density at radius 1 is 1.62 bits per heavy atom. The summed E-state index contributed by atoms with van der Waals surface area (Å²) in [6, 6.07) is -0.546. The fourth-order valence-electron chi connectivity index (χ4n) is 1.42. The van der Waals surface area contributed by atoms with Crippen molar-refractivity contribution in [1.29, 1.82) is 0 Å². The number of nitrogens with zero attached hydrogens (tertiary/aromatic N) is 1. The van der Waals surface area contributed by atoms with Gasteiger partial charge in [0.1, 0.15) is 6.04 Å². The lowest BCUT2D eigenvalue weighted by Gasteiger charge is -2.13. The number of carbonyl (C=O) groups is 1. The third-order valence-electron chi connectivity index (χ3n) is 2.04. The molecule has 1 fully saturated rings. The highest BCUT2D eigenvalue weighted by Crippen LogP contribution is 2.10. The van der Waals surface area contributed by atoms with Crippen molar-refractivity contribution in [2.45, 2.75) is 19.4 Å². The lowest BCUT2D eigenvalue weighted by atomic mass is 10.3. The van der Waals surface area contributed by atoms with Crippen LogP contribution in [0.4, 0.5) is 0 Å². The Bertz CT molecular complexity index is 299. The van der Waals surface area contributed by atoms with E-state index in [4.69, 9.17) is 0 Å². The van der Waals surface area contributed by atoms with Crippen LogP contribution in [0, 0.1) is 0 Å². The van der Waals surface area contributed by atoms with Gasteiger partial charge in [0.05, 0.1) is 6.26 Å². The molecule has 0 aliphatic carbocycles. The van der Waals surface area contributed by atoms with Crippen molar-refractivity contribution in [3.63, 3.8) is 0 Å². The zero-order chi connectivity index (χ0) is 10.1. The van der Waals surface area contributed by atoms with Crippen LogP contribution in [0.3, 0.4) is 0 Å². The molecule has 6 heteroatoms. The predicted octanol–water partition coefficient (Wildman–Crippen LogP) is -0.844. The van der Waals surface area contributed by atoms with Crippen molar-refractivity contribution >= 4 is 15.9 Å². The predicted molar refractivity (Wildman–Crippen MR) is 48.6 cm³/mol. The van der Waals surface area contributed by atoms with Crippen molar-refractivity contribution in [3.05, 3.63) is 0 Å². The highest BCUT2D eigenvalue weighted by Gasteiger charge is 2.32. The number of rotatable bonds is 3. The topological polar surface area (TPSA) is 66.5 Å². The highest BCUT2D eigenvalue weighted by molar-refractivity contribution is 7.88. The molecule has 0 aromatic carbocycles. The molecule has 0 spiro atoms. The lowest BCUT2D eigenvalue weighted by Crippen LogP contribution is -2.40. The number of amides is 1. The largest absolute Gasteiger partial charge is 0.342 e. The molecule has 1 N–H and O–H groups in total. The van der Waals surface area contributed by atoms with E-state index in [-0.39, 0.29) is 5.91 Å². The summed E-state index contributed by atoms with van der Waals surface area (Å²) in [6.07, 6.45) is 1.63. The number of sulfonamides is 1. The van der Waals surface area contributed by atoms with Gasteiger partial charge in [0.25, 0.3) is 0 Å². The Hall–Kier alpha value is -0.620. The van der Waals surface area contributed by atoms with Crippen molar-refractivity contribution in [1.82, 2.24) is 9.62 Å². The van der Waals surface area contributed by atoms with Gasteiger partial charge in [-0.2, -0.15) is 0 Å². The van der Waals surface area contributed by atoms with Crippen LogP contribution in [0.25, 0.3) is 0 Å². The van der Waals surface area contributed by atoms with Gasteiger partial charge in [0, 0.05) is 13.1 Å². The van der Waals surface area contributed by atoms with E-state index in [1.165, 1.54) is 0 Å². The van der Waals surface area contributed by atoms with E-state index in [1.54, 1.807) is 4.90 Å². The summed E-state index contributed by atoms with van der Waals surface area (Å²) in [6.45, 7) is 3.16. The molecule has 0 aromatic rings. The van der Waals surface area contributed by atoms with Crippen LogP contribution in [0.5, 0.6) is 0 Å². The minimum absolute atomic E-state index is 0.118. The number of nitrogens with one attached hydrogen (secondary N) is 1. The Kier molecular flexibility index (Phi) is 2.92. The Morgan fingerprint density at radius 2 is 2.23 bits per heavy atom. The third-order valence-corrected chi connectivity index (χ3v) is 2.75. The molecule has 0 saturated carbocycles. The third kappa shape index (κ3) is 2.67. The van der Waals surface area contributed by atoms with Crippen LogP contribution < -0.4 is 4.72 Å². The van der Waals surface area contributed by atoms with E-state index in [0.717, 1.165) is 6.26 Å². The molecule has 1 amide bonds. The monoisotopic (exact) mass is 206 g/mol. The molecule has 76 valence electrons. The standard InChI is InChI=1S/C7H14N2O3S/c1-3-9-5-4-6(7(9)10)8-13(2,11)12/h6,8H,3-5H2,1-2H3. The van der Waals surface area contributed by atoms with Crippen molar-refractivity contribution in [2.75, 3.05) is 19.3 Å². The minimum atomic E-state index is -3.27. The summed E-state index contributed by atoms with van der Waals surface area (Å²) >= 11 is 0. The quantitative estimate of drug-likeness (QED) is 0.654. The van der Waals surface area contributed by atoms with Gasteiger partial charge in [-0.1, -0.05) is 0 Å². The van der Waals surface area contributed by atoms with Crippen LogP contribution in [-0.2, 0) is 14.8 Å². The molecule has 0 aromatic heterocycles. The second kappa shape index (κ2) is 3.63. The van der Waals surface area contributed by atoms with Crippen LogP contribution in [0.15, 0.2) is 0 Å². The van der Waals surface area contributed by atoms with Gasteiger partial charge in [-0.25, -0.2) is 13.1 Å². The van der Waals surface area contributed by atoms with Crippen LogP contribution in [0.2, 0.25) is 0 Å². The SMILES string of the molecule is CCN1CCC(NS(C)(=O)=O)C1=O. The van der Waals surface area contributed by atoms with E-state index in [9.17, 15) is 13.2 Å². The van der Waals surface area contributed by atoms with Gasteiger partial charge < -0.3 is 4.90 Å². The van der Waals surface area contributed by atoms with Crippen LogP contribution in [0.1, 0.15) is 13.3 Å². The zero-order valence-corrected chi connectivity index (χ0v) is 8.60. The molecule has 1 unspecified atom stereocenters. The van der Waals surface area contributed by atoms with Gasteiger partial charge in [0.15, 0.2) is 0 Å². The first kappa shape index (κ1) is 10.5. The van der Waals surface area contributed by atoms with Crippen molar-refractivity contribution in [3.8, 4) is 0 Å². The summed E-state index contributed by atoms with van der Waals surface area (Å²) in [5, 5.41) is 0. The Balaban J connectivity index is 2.61. The first-order valence-electron chi connectivity index (χ1n) is 4.20. The van der Waals surface area contributed by atoms with Gasteiger partial charge in [-0.15, -0.1) is 0 Å². The molecule has 1 aliphatic heterocycles. The maximum Gasteiger partial charge on any atom is 0.240 e. The summed E-state index contributed by atoms with van der Waals surface area (Å²) in [4.78, 5) is 13.1. The zero-order valence-electron chi connectivity index (χ0n) is 7.78.